The fourth-order valence-corrected chi connectivity index (χ4v) is 4.66. The van der Waals surface area contributed by atoms with Crippen LogP contribution in [0, 0.1) is 0 Å². The standard InChI is InChI=1S/C28H30N2O6S/c1-32-22-7-5-6-20(15-22)29-28(37)30-13-12-19-14-25(33-2)26(34-3)16-23(19)24(30)17-36-21-10-8-18(9-11-21)27(31)35-4/h5-11,14-16,24H,12-13,17H2,1-4H3,(H,29,37). The highest BCUT2D eigenvalue weighted by molar-refractivity contribution is 7.80. The van der Waals surface area contributed by atoms with Gasteiger partial charge in [0.1, 0.15) is 18.1 Å². The number of hydrogen-bond donors (Lipinski definition) is 1. The average Bonchev–Trinajstić information content (AvgIpc) is 2.94. The van der Waals surface area contributed by atoms with E-state index >= 15 is 0 Å². The van der Waals surface area contributed by atoms with Crippen LogP contribution in [-0.4, -0.2) is 57.6 Å². The average molecular weight is 523 g/mol. The maximum atomic E-state index is 11.8. The highest BCUT2D eigenvalue weighted by atomic mass is 32.1. The molecule has 0 fully saturated rings. The number of anilines is 1. The molecule has 1 atom stereocenters. The molecular weight excluding hydrogens is 492 g/mol. The second-order valence-electron chi connectivity index (χ2n) is 8.35. The molecule has 1 aliphatic rings. The number of rotatable bonds is 8. The van der Waals surface area contributed by atoms with Crippen molar-refractivity contribution in [3.8, 4) is 23.0 Å². The molecule has 4 rings (SSSR count). The summed E-state index contributed by atoms with van der Waals surface area (Å²) in [6.45, 7) is 1.01. The Bertz CT molecular complexity index is 1260. The van der Waals surface area contributed by atoms with E-state index in [0.717, 1.165) is 29.0 Å². The van der Waals surface area contributed by atoms with E-state index in [-0.39, 0.29) is 6.04 Å². The van der Waals surface area contributed by atoms with Crippen molar-refractivity contribution in [3.05, 3.63) is 77.4 Å². The van der Waals surface area contributed by atoms with Crippen LogP contribution >= 0.6 is 12.2 Å². The molecule has 9 heteroatoms. The Morgan fingerprint density at radius 2 is 1.68 bits per heavy atom. The van der Waals surface area contributed by atoms with Crippen LogP contribution in [0.1, 0.15) is 27.5 Å². The van der Waals surface area contributed by atoms with Crippen molar-refractivity contribution >= 4 is 29.0 Å². The van der Waals surface area contributed by atoms with Crippen LogP contribution in [0.4, 0.5) is 5.69 Å². The Labute approximate surface area is 222 Å². The van der Waals surface area contributed by atoms with Gasteiger partial charge < -0.3 is 33.9 Å². The molecule has 1 unspecified atom stereocenters. The predicted molar refractivity (Wildman–Crippen MR) is 145 cm³/mol. The number of benzene rings is 3. The van der Waals surface area contributed by atoms with E-state index in [1.165, 1.54) is 7.11 Å². The lowest BCUT2D eigenvalue weighted by atomic mass is 9.92. The van der Waals surface area contributed by atoms with Crippen LogP contribution in [-0.2, 0) is 11.2 Å². The van der Waals surface area contributed by atoms with Gasteiger partial charge in [-0.05, 0) is 78.3 Å². The fourth-order valence-electron chi connectivity index (χ4n) is 4.33. The van der Waals surface area contributed by atoms with Gasteiger partial charge in [-0.1, -0.05) is 6.07 Å². The van der Waals surface area contributed by atoms with Crippen LogP contribution in [0.25, 0.3) is 0 Å². The number of hydrogen-bond acceptors (Lipinski definition) is 7. The van der Waals surface area contributed by atoms with Crippen LogP contribution in [0.5, 0.6) is 23.0 Å². The highest BCUT2D eigenvalue weighted by Crippen LogP contribution is 2.39. The van der Waals surface area contributed by atoms with Crippen LogP contribution < -0.4 is 24.3 Å². The second-order valence-corrected chi connectivity index (χ2v) is 8.74. The van der Waals surface area contributed by atoms with Gasteiger partial charge in [0.2, 0.25) is 0 Å². The van der Waals surface area contributed by atoms with Crippen LogP contribution in [0.3, 0.4) is 0 Å². The summed E-state index contributed by atoms with van der Waals surface area (Å²) in [5, 5.41) is 3.91. The first-order valence-electron chi connectivity index (χ1n) is 11.7. The maximum Gasteiger partial charge on any atom is 0.337 e. The molecule has 0 amide bonds. The molecule has 1 N–H and O–H groups in total. The zero-order chi connectivity index (χ0) is 26.4. The number of esters is 1. The normalized spacial score (nSPS) is 14.3. The quantitative estimate of drug-likeness (QED) is 0.329. The SMILES string of the molecule is COC(=O)c1ccc(OCC2c3cc(OC)c(OC)cc3CCN2C(=S)Nc2cccc(OC)c2)cc1. The van der Waals surface area contributed by atoms with E-state index in [1.54, 1.807) is 45.6 Å². The molecule has 3 aromatic rings. The maximum absolute atomic E-state index is 11.8. The zero-order valence-corrected chi connectivity index (χ0v) is 22.1. The topological polar surface area (TPSA) is 78.5 Å². The monoisotopic (exact) mass is 522 g/mol. The smallest absolute Gasteiger partial charge is 0.337 e. The summed E-state index contributed by atoms with van der Waals surface area (Å²) >= 11 is 5.85. The summed E-state index contributed by atoms with van der Waals surface area (Å²) < 4.78 is 27.4. The minimum absolute atomic E-state index is 0.200. The fraction of sp³-hybridized carbons (Fsp3) is 0.286. The summed E-state index contributed by atoms with van der Waals surface area (Å²) in [4.78, 5) is 13.9. The van der Waals surface area contributed by atoms with Gasteiger partial charge in [0.25, 0.3) is 0 Å². The van der Waals surface area contributed by atoms with Gasteiger partial charge in [-0.2, -0.15) is 0 Å². The number of nitrogens with one attached hydrogen (secondary N) is 1. The van der Waals surface area contributed by atoms with E-state index in [9.17, 15) is 4.79 Å². The van der Waals surface area contributed by atoms with Gasteiger partial charge in [0.05, 0.1) is 40.0 Å². The minimum Gasteiger partial charge on any atom is -0.497 e. The Hall–Kier alpha value is -3.98. The summed E-state index contributed by atoms with van der Waals surface area (Å²) in [7, 11) is 6.23. The third-order valence-electron chi connectivity index (χ3n) is 6.27. The van der Waals surface area contributed by atoms with Gasteiger partial charge in [-0.15, -0.1) is 0 Å². The molecule has 0 saturated carbocycles. The van der Waals surface area contributed by atoms with Crippen molar-refractivity contribution in [3.63, 3.8) is 0 Å². The van der Waals surface area contributed by atoms with Crippen molar-refractivity contribution in [2.45, 2.75) is 12.5 Å². The molecule has 1 aliphatic heterocycles. The van der Waals surface area contributed by atoms with Gasteiger partial charge in [0, 0.05) is 18.3 Å². The molecule has 194 valence electrons. The van der Waals surface area contributed by atoms with Gasteiger partial charge >= 0.3 is 5.97 Å². The lowest BCUT2D eigenvalue weighted by molar-refractivity contribution is 0.0600. The molecule has 0 saturated heterocycles. The number of ether oxygens (including phenoxy) is 5. The molecule has 0 bridgehead atoms. The van der Waals surface area contributed by atoms with Crippen molar-refractivity contribution in [1.82, 2.24) is 4.90 Å². The number of carbonyl (C=O) groups excluding carboxylic acids is 1. The summed E-state index contributed by atoms with van der Waals surface area (Å²) in [5.41, 5.74) is 3.48. The molecule has 0 aromatic heterocycles. The summed E-state index contributed by atoms with van der Waals surface area (Å²) in [5.74, 6) is 2.30. The Kier molecular flexibility index (Phi) is 8.35. The number of fused-ring (bicyclic) bond motifs is 1. The van der Waals surface area contributed by atoms with Gasteiger partial charge in [-0.3, -0.25) is 0 Å². The van der Waals surface area contributed by atoms with Crippen LogP contribution in [0.2, 0.25) is 0 Å². The van der Waals surface area contributed by atoms with Crippen molar-refractivity contribution in [2.24, 2.45) is 0 Å². The summed E-state index contributed by atoms with van der Waals surface area (Å²) in [6, 6.07) is 18.3. The predicted octanol–water partition coefficient (Wildman–Crippen LogP) is 4.87. The number of nitrogens with zero attached hydrogens (tertiary/aromatic N) is 1. The second kappa shape index (κ2) is 11.8. The third kappa shape index (κ3) is 5.89. The first kappa shape index (κ1) is 26.1. The molecule has 37 heavy (non-hydrogen) atoms. The molecule has 8 nitrogen and oxygen atoms in total. The lowest BCUT2D eigenvalue weighted by Gasteiger charge is -2.39. The van der Waals surface area contributed by atoms with Gasteiger partial charge in [0.15, 0.2) is 16.6 Å². The van der Waals surface area contributed by atoms with Crippen molar-refractivity contribution in [1.29, 1.82) is 0 Å². The summed E-state index contributed by atoms with van der Waals surface area (Å²) in [6.07, 6.45) is 0.778. The number of thiocarbonyl (C=S) groups is 1. The molecule has 0 spiro atoms. The minimum atomic E-state index is -0.394. The number of methoxy groups -OCH3 is 4. The van der Waals surface area contributed by atoms with E-state index in [4.69, 9.17) is 35.9 Å². The van der Waals surface area contributed by atoms with E-state index < -0.39 is 5.97 Å². The largest absolute Gasteiger partial charge is 0.497 e. The van der Waals surface area contributed by atoms with E-state index in [0.29, 0.717) is 41.1 Å². The van der Waals surface area contributed by atoms with E-state index in [2.05, 4.69) is 10.2 Å². The van der Waals surface area contributed by atoms with Crippen molar-refractivity contribution < 1.29 is 28.5 Å². The Balaban J connectivity index is 1.61. The Morgan fingerprint density at radius 1 is 0.946 bits per heavy atom. The third-order valence-corrected chi connectivity index (χ3v) is 6.60. The van der Waals surface area contributed by atoms with Gasteiger partial charge in [-0.25, -0.2) is 4.79 Å². The first-order chi connectivity index (χ1) is 18.0. The zero-order valence-electron chi connectivity index (χ0n) is 21.3. The van der Waals surface area contributed by atoms with Crippen LogP contribution in [0.15, 0.2) is 60.7 Å². The first-order valence-corrected chi connectivity index (χ1v) is 12.2. The molecular formula is C28H30N2O6S. The van der Waals surface area contributed by atoms with E-state index in [1.807, 2.05) is 36.4 Å². The molecule has 0 aliphatic carbocycles. The molecule has 0 radical (unpaired) electrons. The Morgan fingerprint density at radius 3 is 2.35 bits per heavy atom. The molecule has 1 heterocycles. The number of carbonyl (C=O) groups is 1. The van der Waals surface area contributed by atoms with Crippen molar-refractivity contribution in [2.75, 3.05) is 46.9 Å². The lowest BCUT2D eigenvalue weighted by Crippen LogP contribution is -2.44. The molecule has 3 aromatic carbocycles. The highest BCUT2D eigenvalue weighted by Gasteiger charge is 2.31.